The molecule has 0 spiro atoms. The maximum atomic E-state index is 12.7. The smallest absolute Gasteiger partial charge is 0.348 e. The zero-order chi connectivity index (χ0) is 20.6. The van der Waals surface area contributed by atoms with E-state index in [4.69, 9.17) is 9.88 Å². The van der Waals surface area contributed by atoms with Gasteiger partial charge in [0.15, 0.2) is 6.61 Å². The molecule has 9 heteroatoms. The van der Waals surface area contributed by atoms with Crippen LogP contribution in [0.2, 0.25) is 0 Å². The number of sulfonamides is 1. The van der Waals surface area contributed by atoms with Gasteiger partial charge in [-0.05, 0) is 62.1 Å². The SMILES string of the molecule is CCc1sc(C(=O)OCC(=O)N2c3ccc(S(N)(=O)=O)cc3CC2C)cc1C. The number of hydrogen-bond donors (Lipinski definition) is 1. The minimum atomic E-state index is -3.81. The fraction of sp³-hybridized carbons (Fsp3) is 0.368. The van der Waals surface area contributed by atoms with Crippen LogP contribution in [-0.4, -0.2) is 32.9 Å². The van der Waals surface area contributed by atoms with Gasteiger partial charge in [0.25, 0.3) is 5.91 Å². The number of aryl methyl sites for hydroxylation is 2. The lowest BCUT2D eigenvalue weighted by atomic mass is 10.1. The summed E-state index contributed by atoms with van der Waals surface area (Å²) in [7, 11) is -3.81. The Morgan fingerprint density at radius 1 is 1.32 bits per heavy atom. The van der Waals surface area contributed by atoms with Crippen molar-refractivity contribution in [1.82, 2.24) is 0 Å². The molecule has 3 rings (SSSR count). The summed E-state index contributed by atoms with van der Waals surface area (Å²) in [5.41, 5.74) is 2.37. The summed E-state index contributed by atoms with van der Waals surface area (Å²) in [5.74, 6) is -0.871. The highest BCUT2D eigenvalue weighted by Crippen LogP contribution is 2.34. The molecule has 28 heavy (non-hydrogen) atoms. The third-order valence-corrected chi connectivity index (χ3v) is 7.01. The van der Waals surface area contributed by atoms with E-state index < -0.39 is 16.0 Å². The van der Waals surface area contributed by atoms with E-state index in [1.165, 1.54) is 28.4 Å². The maximum absolute atomic E-state index is 12.7. The lowest BCUT2D eigenvalue weighted by Crippen LogP contribution is -2.38. The van der Waals surface area contributed by atoms with E-state index in [9.17, 15) is 18.0 Å². The first kappa shape index (κ1) is 20.5. The number of carbonyl (C=O) groups is 2. The third kappa shape index (κ3) is 3.96. The van der Waals surface area contributed by atoms with Crippen molar-refractivity contribution in [2.45, 2.75) is 44.6 Å². The number of nitrogens with zero attached hydrogens (tertiary/aromatic N) is 1. The van der Waals surface area contributed by atoms with Crippen LogP contribution in [0.4, 0.5) is 5.69 Å². The number of fused-ring (bicyclic) bond motifs is 1. The Kier molecular flexibility index (Phi) is 5.60. The van der Waals surface area contributed by atoms with Gasteiger partial charge >= 0.3 is 5.97 Å². The van der Waals surface area contributed by atoms with Crippen molar-refractivity contribution in [1.29, 1.82) is 0 Å². The molecule has 0 saturated carbocycles. The zero-order valence-electron chi connectivity index (χ0n) is 15.9. The Hall–Kier alpha value is -2.23. The molecule has 1 atom stereocenters. The van der Waals surface area contributed by atoms with E-state index >= 15 is 0 Å². The molecule has 1 unspecified atom stereocenters. The van der Waals surface area contributed by atoms with Gasteiger partial charge in [0.05, 0.1) is 4.90 Å². The maximum Gasteiger partial charge on any atom is 0.348 e. The van der Waals surface area contributed by atoms with E-state index in [1.54, 1.807) is 12.1 Å². The molecule has 1 aliphatic rings. The Morgan fingerprint density at radius 2 is 2.04 bits per heavy atom. The highest BCUT2D eigenvalue weighted by atomic mass is 32.2. The van der Waals surface area contributed by atoms with Crippen molar-refractivity contribution in [3.05, 3.63) is 45.1 Å². The zero-order valence-corrected chi connectivity index (χ0v) is 17.5. The molecule has 1 aromatic heterocycles. The van der Waals surface area contributed by atoms with E-state index in [0.29, 0.717) is 17.0 Å². The molecule has 150 valence electrons. The topological polar surface area (TPSA) is 107 Å². The van der Waals surface area contributed by atoms with Crippen LogP contribution in [0.5, 0.6) is 0 Å². The van der Waals surface area contributed by atoms with Gasteiger partial charge in [-0.3, -0.25) is 4.79 Å². The summed E-state index contributed by atoms with van der Waals surface area (Å²) >= 11 is 1.38. The molecule has 7 nitrogen and oxygen atoms in total. The lowest BCUT2D eigenvalue weighted by Gasteiger charge is -2.22. The van der Waals surface area contributed by atoms with Gasteiger partial charge in [-0.2, -0.15) is 0 Å². The molecule has 0 fully saturated rings. The van der Waals surface area contributed by atoms with Crippen molar-refractivity contribution >= 4 is 38.9 Å². The highest BCUT2D eigenvalue weighted by molar-refractivity contribution is 7.89. The first-order valence-electron chi connectivity index (χ1n) is 8.86. The number of esters is 1. The van der Waals surface area contributed by atoms with Crippen molar-refractivity contribution in [3.8, 4) is 0 Å². The third-order valence-electron chi connectivity index (χ3n) is 4.73. The highest BCUT2D eigenvalue weighted by Gasteiger charge is 2.32. The molecule has 0 radical (unpaired) electrons. The Morgan fingerprint density at radius 3 is 2.64 bits per heavy atom. The first-order valence-corrected chi connectivity index (χ1v) is 11.2. The molecule has 1 aromatic carbocycles. The number of nitrogens with two attached hydrogens (primary N) is 1. The van der Waals surface area contributed by atoms with E-state index in [1.807, 2.05) is 20.8 Å². The number of primary sulfonamides is 1. The molecule has 0 bridgehead atoms. The van der Waals surface area contributed by atoms with Gasteiger partial charge in [-0.1, -0.05) is 6.92 Å². The number of hydrogen-bond acceptors (Lipinski definition) is 6. The first-order chi connectivity index (χ1) is 13.1. The van der Waals surface area contributed by atoms with Crippen molar-refractivity contribution < 1.29 is 22.7 Å². The number of benzene rings is 1. The van der Waals surface area contributed by atoms with Gasteiger partial charge in [0.2, 0.25) is 10.0 Å². The molecular weight excluding hydrogens is 400 g/mol. The van der Waals surface area contributed by atoms with Crippen LogP contribution < -0.4 is 10.0 Å². The largest absolute Gasteiger partial charge is 0.451 e. The number of amides is 1. The van der Waals surface area contributed by atoms with Gasteiger partial charge in [0.1, 0.15) is 4.88 Å². The van der Waals surface area contributed by atoms with Gasteiger partial charge < -0.3 is 9.64 Å². The summed E-state index contributed by atoms with van der Waals surface area (Å²) in [6.45, 7) is 5.44. The minimum absolute atomic E-state index is 0.0129. The standard InChI is InChI=1S/C19H22N2O5S2/c1-4-16-11(2)7-17(27-16)19(23)26-10-18(22)21-12(3)8-13-9-14(28(20,24)25)5-6-15(13)21/h5-7,9,12H,4,8,10H2,1-3H3,(H2,20,24,25). The number of ether oxygens (including phenoxy) is 1. The van der Waals surface area contributed by atoms with Crippen LogP contribution in [-0.2, 0) is 32.4 Å². The van der Waals surface area contributed by atoms with Crippen molar-refractivity contribution in [2.24, 2.45) is 5.14 Å². The molecule has 2 N–H and O–H groups in total. The Labute approximate surface area is 168 Å². The second kappa shape index (κ2) is 7.65. The van der Waals surface area contributed by atoms with E-state index in [-0.39, 0.29) is 23.5 Å². The molecule has 2 aromatic rings. The van der Waals surface area contributed by atoms with E-state index in [0.717, 1.165) is 22.4 Å². The quantitative estimate of drug-likeness (QED) is 0.745. The molecule has 1 aliphatic heterocycles. The number of carbonyl (C=O) groups excluding carboxylic acids is 2. The minimum Gasteiger partial charge on any atom is -0.451 e. The molecule has 1 amide bonds. The number of anilines is 1. The predicted molar refractivity (Wildman–Crippen MR) is 107 cm³/mol. The number of thiophene rings is 1. The number of rotatable bonds is 5. The average molecular weight is 423 g/mol. The van der Waals surface area contributed by atoms with E-state index in [2.05, 4.69) is 0 Å². The lowest BCUT2D eigenvalue weighted by molar-refractivity contribution is -0.122. The second-order valence-electron chi connectivity index (χ2n) is 6.80. The van der Waals surface area contributed by atoms with Gasteiger partial charge in [-0.15, -0.1) is 11.3 Å². The summed E-state index contributed by atoms with van der Waals surface area (Å²) in [6, 6.07) is 6.03. The summed E-state index contributed by atoms with van der Waals surface area (Å²) in [4.78, 5) is 28.1. The Bertz CT molecular complexity index is 1040. The monoisotopic (exact) mass is 422 g/mol. The summed E-state index contributed by atoms with van der Waals surface area (Å²) in [5, 5.41) is 5.17. The normalized spacial score (nSPS) is 16.1. The van der Waals surface area contributed by atoms with Crippen LogP contribution >= 0.6 is 11.3 Å². The predicted octanol–water partition coefficient (Wildman–Crippen LogP) is 2.40. The van der Waals surface area contributed by atoms with Crippen LogP contribution in [0.1, 0.15) is 39.5 Å². The van der Waals surface area contributed by atoms with Gasteiger partial charge in [0, 0.05) is 16.6 Å². The Balaban J connectivity index is 1.72. The summed E-state index contributed by atoms with van der Waals surface area (Å²) < 4.78 is 28.3. The molecule has 0 aliphatic carbocycles. The van der Waals surface area contributed by atoms with Gasteiger partial charge in [-0.25, -0.2) is 18.4 Å². The second-order valence-corrected chi connectivity index (χ2v) is 9.50. The molecule has 2 heterocycles. The van der Waals surface area contributed by atoms with Crippen LogP contribution in [0.15, 0.2) is 29.2 Å². The fourth-order valence-electron chi connectivity index (χ4n) is 3.40. The molecular formula is C19H22N2O5S2. The van der Waals surface area contributed by atoms with Crippen molar-refractivity contribution in [3.63, 3.8) is 0 Å². The van der Waals surface area contributed by atoms with Crippen molar-refractivity contribution in [2.75, 3.05) is 11.5 Å². The van der Waals surface area contributed by atoms with Crippen LogP contribution in [0.3, 0.4) is 0 Å². The average Bonchev–Trinajstić information content (AvgIpc) is 3.16. The van der Waals surface area contributed by atoms with Crippen LogP contribution in [0.25, 0.3) is 0 Å². The summed E-state index contributed by atoms with van der Waals surface area (Å²) in [6.07, 6.45) is 1.34. The fourth-order valence-corrected chi connectivity index (χ4v) is 4.98. The van der Waals surface area contributed by atoms with Crippen LogP contribution in [0, 0.1) is 6.92 Å². The molecule has 0 saturated heterocycles.